The molecule has 0 aromatic heterocycles. The van der Waals surface area contributed by atoms with Gasteiger partial charge in [-0.25, -0.2) is 4.79 Å². The number of nitrogens with two attached hydrogens (primary N) is 1. The van der Waals surface area contributed by atoms with Gasteiger partial charge in [-0.2, -0.15) is 0 Å². The average molecular weight is 256 g/mol. The van der Waals surface area contributed by atoms with Gasteiger partial charge >= 0.3 is 6.03 Å². The number of nitrogens with zero attached hydrogens (tertiary/aromatic N) is 1. The molecule has 4 nitrogen and oxygen atoms in total. The predicted molar refractivity (Wildman–Crippen MR) is 75.3 cm³/mol. The molecule has 0 unspecified atom stereocenters. The maximum Gasteiger partial charge on any atom is 0.319 e. The Hall–Kier alpha value is -2.49. The molecule has 0 fully saturated rings. The molecular weight excluding hydrogens is 240 g/mol. The first-order valence-electron chi connectivity index (χ1n) is 6.07. The van der Waals surface area contributed by atoms with E-state index >= 15 is 0 Å². The number of para-hydroxylation sites is 2. The Morgan fingerprint density at radius 3 is 2.16 bits per heavy atom. The largest absolute Gasteiger partial charge is 0.492 e. The zero-order valence-electron chi connectivity index (χ0n) is 10.5. The second-order valence-electron chi connectivity index (χ2n) is 3.99. The molecule has 2 aromatic carbocycles. The van der Waals surface area contributed by atoms with Gasteiger partial charge in [0.1, 0.15) is 12.4 Å². The zero-order chi connectivity index (χ0) is 13.5. The highest BCUT2D eigenvalue weighted by atomic mass is 16.5. The molecule has 19 heavy (non-hydrogen) atoms. The van der Waals surface area contributed by atoms with Crippen molar-refractivity contribution in [3.8, 4) is 5.75 Å². The van der Waals surface area contributed by atoms with Crippen LogP contribution in [0.1, 0.15) is 0 Å². The SMILES string of the molecule is NC(=O)N(CCOc1ccccc1)c1ccccc1. The predicted octanol–water partition coefficient (Wildman–Crippen LogP) is 2.65. The van der Waals surface area contributed by atoms with E-state index in [9.17, 15) is 4.79 Å². The van der Waals surface area contributed by atoms with Crippen molar-refractivity contribution in [1.29, 1.82) is 0 Å². The lowest BCUT2D eigenvalue weighted by Gasteiger charge is -2.20. The Balaban J connectivity index is 1.94. The number of primary amides is 1. The van der Waals surface area contributed by atoms with Crippen LogP contribution in [0.15, 0.2) is 60.7 Å². The van der Waals surface area contributed by atoms with Crippen molar-refractivity contribution in [2.24, 2.45) is 5.73 Å². The number of benzene rings is 2. The minimum absolute atomic E-state index is 0.391. The van der Waals surface area contributed by atoms with Crippen molar-refractivity contribution < 1.29 is 9.53 Å². The molecule has 2 rings (SSSR count). The minimum atomic E-state index is -0.483. The molecule has 0 aliphatic rings. The first-order chi connectivity index (χ1) is 9.27. The number of urea groups is 1. The van der Waals surface area contributed by atoms with Crippen LogP contribution in [-0.2, 0) is 0 Å². The number of carbonyl (C=O) groups is 1. The maximum atomic E-state index is 11.4. The van der Waals surface area contributed by atoms with Gasteiger partial charge in [-0.1, -0.05) is 36.4 Å². The summed E-state index contributed by atoms with van der Waals surface area (Å²) in [5, 5.41) is 0. The lowest BCUT2D eigenvalue weighted by atomic mass is 10.3. The molecule has 0 aliphatic carbocycles. The fourth-order valence-corrected chi connectivity index (χ4v) is 1.75. The fraction of sp³-hybridized carbons (Fsp3) is 0.133. The quantitative estimate of drug-likeness (QED) is 0.894. The fourth-order valence-electron chi connectivity index (χ4n) is 1.75. The van der Waals surface area contributed by atoms with E-state index in [1.807, 2.05) is 60.7 Å². The van der Waals surface area contributed by atoms with Gasteiger partial charge in [0.25, 0.3) is 0 Å². The van der Waals surface area contributed by atoms with E-state index in [4.69, 9.17) is 10.5 Å². The van der Waals surface area contributed by atoms with Crippen molar-refractivity contribution in [3.05, 3.63) is 60.7 Å². The van der Waals surface area contributed by atoms with Gasteiger partial charge < -0.3 is 10.5 Å². The summed E-state index contributed by atoms with van der Waals surface area (Å²) in [5.74, 6) is 0.778. The summed E-state index contributed by atoms with van der Waals surface area (Å²) in [4.78, 5) is 12.9. The van der Waals surface area contributed by atoms with Crippen molar-refractivity contribution in [2.75, 3.05) is 18.1 Å². The molecule has 0 aliphatic heterocycles. The molecule has 98 valence electrons. The normalized spacial score (nSPS) is 9.89. The summed E-state index contributed by atoms with van der Waals surface area (Å²) in [7, 11) is 0. The van der Waals surface area contributed by atoms with Crippen molar-refractivity contribution in [1.82, 2.24) is 0 Å². The van der Waals surface area contributed by atoms with E-state index in [0.29, 0.717) is 13.2 Å². The smallest absolute Gasteiger partial charge is 0.319 e. The van der Waals surface area contributed by atoms with Crippen molar-refractivity contribution >= 4 is 11.7 Å². The zero-order valence-corrected chi connectivity index (χ0v) is 10.5. The van der Waals surface area contributed by atoms with Crippen molar-refractivity contribution in [2.45, 2.75) is 0 Å². The number of anilines is 1. The monoisotopic (exact) mass is 256 g/mol. The molecule has 0 radical (unpaired) electrons. The summed E-state index contributed by atoms with van der Waals surface area (Å²) in [6, 6.07) is 18.3. The summed E-state index contributed by atoms with van der Waals surface area (Å²) in [6.45, 7) is 0.802. The van der Waals surface area contributed by atoms with Crippen LogP contribution >= 0.6 is 0 Å². The van der Waals surface area contributed by atoms with Crippen molar-refractivity contribution in [3.63, 3.8) is 0 Å². The third kappa shape index (κ3) is 3.74. The highest BCUT2D eigenvalue weighted by molar-refractivity contribution is 5.90. The van der Waals surface area contributed by atoms with E-state index in [1.165, 1.54) is 4.90 Å². The van der Waals surface area contributed by atoms with Gasteiger partial charge in [0, 0.05) is 5.69 Å². The molecule has 2 amide bonds. The molecule has 0 atom stereocenters. The van der Waals surface area contributed by atoms with E-state index < -0.39 is 6.03 Å². The summed E-state index contributed by atoms with van der Waals surface area (Å²) in [5.41, 5.74) is 6.15. The topological polar surface area (TPSA) is 55.6 Å². The number of hydrogen-bond acceptors (Lipinski definition) is 2. The second-order valence-corrected chi connectivity index (χ2v) is 3.99. The first-order valence-corrected chi connectivity index (χ1v) is 6.07. The Kier molecular flexibility index (Phi) is 4.39. The number of hydrogen-bond donors (Lipinski definition) is 1. The molecule has 0 saturated carbocycles. The van der Waals surface area contributed by atoms with Gasteiger partial charge in [-0.05, 0) is 24.3 Å². The lowest BCUT2D eigenvalue weighted by Crippen LogP contribution is -2.38. The van der Waals surface area contributed by atoms with Gasteiger partial charge in [0.15, 0.2) is 0 Å². The standard InChI is InChI=1S/C15H16N2O2/c16-15(18)17(13-7-3-1-4-8-13)11-12-19-14-9-5-2-6-10-14/h1-10H,11-12H2,(H2,16,18). The number of amides is 2. The summed E-state index contributed by atoms with van der Waals surface area (Å²) in [6.07, 6.45) is 0. The second kappa shape index (κ2) is 6.44. The van der Waals surface area contributed by atoms with Gasteiger partial charge in [-0.3, -0.25) is 4.90 Å². The average Bonchev–Trinajstić information content (AvgIpc) is 2.45. The van der Waals surface area contributed by atoms with Crippen LogP contribution in [-0.4, -0.2) is 19.2 Å². The third-order valence-corrected chi connectivity index (χ3v) is 2.66. The molecule has 2 N–H and O–H groups in total. The maximum absolute atomic E-state index is 11.4. The third-order valence-electron chi connectivity index (χ3n) is 2.66. The van der Waals surface area contributed by atoms with Crippen LogP contribution in [0.2, 0.25) is 0 Å². The molecule has 0 heterocycles. The van der Waals surface area contributed by atoms with Crippen LogP contribution in [0.3, 0.4) is 0 Å². The highest BCUT2D eigenvalue weighted by Crippen LogP contribution is 2.13. The van der Waals surface area contributed by atoms with E-state index in [2.05, 4.69) is 0 Å². The number of ether oxygens (including phenoxy) is 1. The Morgan fingerprint density at radius 1 is 1.00 bits per heavy atom. The van der Waals surface area contributed by atoms with Crippen LogP contribution in [0.4, 0.5) is 10.5 Å². The molecule has 2 aromatic rings. The molecule has 0 saturated heterocycles. The van der Waals surface area contributed by atoms with Crippen LogP contribution < -0.4 is 15.4 Å². The van der Waals surface area contributed by atoms with Gasteiger partial charge in [-0.15, -0.1) is 0 Å². The van der Waals surface area contributed by atoms with Crippen LogP contribution in [0.5, 0.6) is 5.75 Å². The van der Waals surface area contributed by atoms with Gasteiger partial charge in [0.05, 0.1) is 6.54 Å². The summed E-state index contributed by atoms with van der Waals surface area (Å²) < 4.78 is 5.56. The van der Waals surface area contributed by atoms with Crippen LogP contribution in [0.25, 0.3) is 0 Å². The Bertz CT molecular complexity index is 514. The highest BCUT2D eigenvalue weighted by Gasteiger charge is 2.11. The molecule has 4 heteroatoms. The first kappa shape index (κ1) is 13.0. The summed E-state index contributed by atoms with van der Waals surface area (Å²) >= 11 is 0. The lowest BCUT2D eigenvalue weighted by molar-refractivity contribution is 0.251. The van der Waals surface area contributed by atoms with Crippen LogP contribution in [0, 0.1) is 0 Å². The number of carbonyl (C=O) groups excluding carboxylic acids is 1. The minimum Gasteiger partial charge on any atom is -0.492 e. The van der Waals surface area contributed by atoms with E-state index in [1.54, 1.807) is 0 Å². The molecule has 0 spiro atoms. The molecular formula is C15H16N2O2. The molecule has 0 bridgehead atoms. The van der Waals surface area contributed by atoms with E-state index in [-0.39, 0.29) is 0 Å². The van der Waals surface area contributed by atoms with E-state index in [0.717, 1.165) is 11.4 Å². The Morgan fingerprint density at radius 2 is 1.58 bits per heavy atom. The Labute approximate surface area is 112 Å². The number of rotatable bonds is 5. The van der Waals surface area contributed by atoms with Gasteiger partial charge in [0.2, 0.25) is 0 Å².